The van der Waals surface area contributed by atoms with Crippen molar-refractivity contribution in [3.05, 3.63) is 6.17 Å². The third kappa shape index (κ3) is 0.314. The Morgan fingerprint density at radius 1 is 2.17 bits per heavy atom. The topological polar surface area (TPSA) is 61.8 Å². The van der Waals surface area contributed by atoms with Crippen LogP contribution >= 0.6 is 0 Å². The highest BCUT2D eigenvalue weighted by atomic mass is 16.3. The van der Waals surface area contributed by atoms with E-state index in [0.29, 0.717) is 0 Å². The van der Waals surface area contributed by atoms with E-state index in [9.17, 15) is 0 Å². The summed E-state index contributed by atoms with van der Waals surface area (Å²) in [5, 5.41) is 16.7. The van der Waals surface area contributed by atoms with Crippen molar-refractivity contribution in [2.24, 2.45) is 0 Å². The SMILES string of the molecule is [2H]c1nn[nH]c1O. The predicted molar refractivity (Wildman–Crippen MR) is 18.0 cm³/mol. The third-order valence-electron chi connectivity index (χ3n) is 0.362. The molecule has 0 spiro atoms. The van der Waals surface area contributed by atoms with Crippen LogP contribution in [0.4, 0.5) is 0 Å². The third-order valence-corrected chi connectivity index (χ3v) is 0.362. The lowest BCUT2D eigenvalue weighted by Gasteiger charge is -1.66. The first-order chi connectivity index (χ1) is 3.30. The molecule has 0 saturated heterocycles. The Labute approximate surface area is 35.2 Å². The molecular weight excluding hydrogens is 82.0 g/mol. The van der Waals surface area contributed by atoms with Gasteiger partial charge in [-0.05, 0) is 0 Å². The number of aromatic amines is 1. The summed E-state index contributed by atoms with van der Waals surface area (Å²) in [6.45, 7) is 0. The number of nitrogens with one attached hydrogen (secondary N) is 1. The molecule has 0 saturated carbocycles. The van der Waals surface area contributed by atoms with Gasteiger partial charge >= 0.3 is 0 Å². The molecule has 0 aliphatic rings. The van der Waals surface area contributed by atoms with E-state index < -0.39 is 0 Å². The van der Waals surface area contributed by atoms with Crippen LogP contribution in [0.2, 0.25) is 0 Å². The Balaban J connectivity index is 3.12. The number of hydrogen-bond acceptors (Lipinski definition) is 3. The standard InChI is InChI=1S/C2H3N3O/c6-2-1-3-5-4-2/h1H,(H2,3,4,5,6)/i1D. The maximum absolute atomic E-state index is 8.39. The molecule has 0 aliphatic carbocycles. The van der Waals surface area contributed by atoms with Crippen LogP contribution in [0.15, 0.2) is 6.17 Å². The molecule has 0 fully saturated rings. The van der Waals surface area contributed by atoms with Gasteiger partial charge in [0.1, 0.15) is 6.17 Å². The van der Waals surface area contributed by atoms with Crippen LogP contribution in [-0.2, 0) is 0 Å². The van der Waals surface area contributed by atoms with Crippen LogP contribution in [0, 0.1) is 0 Å². The van der Waals surface area contributed by atoms with E-state index in [0.717, 1.165) is 0 Å². The van der Waals surface area contributed by atoms with Crippen molar-refractivity contribution in [1.82, 2.24) is 15.4 Å². The fourth-order valence-corrected chi connectivity index (χ4v) is 0.170. The average Bonchev–Trinajstić information content (AvgIpc) is 1.91. The van der Waals surface area contributed by atoms with Gasteiger partial charge in [-0.25, -0.2) is 5.10 Å². The Hall–Kier alpha value is -1.06. The van der Waals surface area contributed by atoms with E-state index in [1.807, 2.05) is 0 Å². The van der Waals surface area contributed by atoms with Crippen LogP contribution < -0.4 is 0 Å². The largest absolute Gasteiger partial charge is 0.492 e. The second-order valence-corrected chi connectivity index (χ2v) is 0.772. The fraction of sp³-hybridized carbons (Fsp3) is 0. The minimum atomic E-state index is -0.292. The minimum Gasteiger partial charge on any atom is -0.492 e. The minimum absolute atomic E-state index is 0.222. The van der Waals surface area contributed by atoms with Crippen LogP contribution in [0.3, 0.4) is 0 Å². The van der Waals surface area contributed by atoms with Gasteiger partial charge in [-0.2, -0.15) is 0 Å². The zero-order valence-electron chi connectivity index (χ0n) is 3.84. The smallest absolute Gasteiger partial charge is 0.227 e. The first-order valence-electron chi connectivity index (χ1n) is 1.87. The molecule has 6 heavy (non-hydrogen) atoms. The van der Waals surface area contributed by atoms with Crippen molar-refractivity contribution < 1.29 is 6.48 Å². The van der Waals surface area contributed by atoms with E-state index in [-0.39, 0.29) is 12.1 Å². The number of aromatic nitrogens is 3. The summed E-state index contributed by atoms with van der Waals surface area (Å²) in [5.74, 6) is -0.292. The van der Waals surface area contributed by atoms with Gasteiger partial charge in [0.25, 0.3) is 0 Å². The number of hydrogen-bond donors (Lipinski definition) is 2. The summed E-state index contributed by atoms with van der Waals surface area (Å²) in [5.41, 5.74) is 0. The van der Waals surface area contributed by atoms with Gasteiger partial charge in [-0.1, -0.05) is 5.21 Å². The lowest BCUT2D eigenvalue weighted by Crippen LogP contribution is -1.63. The molecule has 0 bridgehead atoms. The Kier molecular flexibility index (Phi) is 0.350. The van der Waals surface area contributed by atoms with E-state index in [2.05, 4.69) is 15.4 Å². The van der Waals surface area contributed by atoms with Gasteiger partial charge in [-0.15, -0.1) is 5.10 Å². The quantitative estimate of drug-likeness (QED) is 0.448. The molecule has 0 amide bonds. The summed E-state index contributed by atoms with van der Waals surface area (Å²) in [6, 6.07) is 0. The van der Waals surface area contributed by atoms with Crippen LogP contribution in [-0.4, -0.2) is 20.5 Å². The highest BCUT2D eigenvalue weighted by Gasteiger charge is 1.78. The highest BCUT2D eigenvalue weighted by molar-refractivity contribution is 4.92. The molecule has 32 valence electrons. The first kappa shape index (κ1) is 2.17. The molecule has 1 aromatic heterocycles. The molecule has 1 heterocycles. The zero-order chi connectivity index (χ0) is 5.28. The maximum atomic E-state index is 8.39. The van der Waals surface area contributed by atoms with Gasteiger partial charge < -0.3 is 5.11 Å². The van der Waals surface area contributed by atoms with Gasteiger partial charge in [-0.3, -0.25) is 0 Å². The molecule has 4 nitrogen and oxygen atoms in total. The molecule has 1 aromatic rings. The van der Waals surface area contributed by atoms with E-state index in [1.165, 1.54) is 0 Å². The van der Waals surface area contributed by atoms with Gasteiger partial charge in [0.15, 0.2) is 0 Å². The Morgan fingerprint density at radius 2 is 3.00 bits per heavy atom. The van der Waals surface area contributed by atoms with Crippen LogP contribution in [0.5, 0.6) is 5.88 Å². The van der Waals surface area contributed by atoms with E-state index in [4.69, 9.17) is 6.48 Å². The lowest BCUT2D eigenvalue weighted by molar-refractivity contribution is 0.452. The molecule has 4 heteroatoms. The summed E-state index contributed by atoms with van der Waals surface area (Å²) >= 11 is 0. The Bertz CT molecular complexity index is 145. The normalized spacial score (nSPS) is 11.0. The highest BCUT2D eigenvalue weighted by Crippen LogP contribution is 1.90. The van der Waals surface area contributed by atoms with Crippen molar-refractivity contribution in [3.63, 3.8) is 0 Å². The van der Waals surface area contributed by atoms with Crippen molar-refractivity contribution in [3.8, 4) is 5.88 Å². The number of H-pyrrole nitrogens is 1. The van der Waals surface area contributed by atoms with Crippen molar-refractivity contribution in [1.29, 1.82) is 0 Å². The first-order valence-corrected chi connectivity index (χ1v) is 1.37. The average molecular weight is 86.1 g/mol. The van der Waals surface area contributed by atoms with E-state index in [1.54, 1.807) is 0 Å². The fourth-order valence-electron chi connectivity index (χ4n) is 0.170. The lowest BCUT2D eigenvalue weighted by atomic mass is 10.9. The Morgan fingerprint density at radius 3 is 3.17 bits per heavy atom. The molecule has 0 unspecified atom stereocenters. The summed E-state index contributed by atoms with van der Waals surface area (Å²) in [6.07, 6.45) is -0.222. The molecule has 0 aromatic carbocycles. The molecule has 0 atom stereocenters. The van der Waals surface area contributed by atoms with E-state index >= 15 is 0 Å². The molecule has 1 rings (SSSR count). The zero-order valence-corrected chi connectivity index (χ0v) is 2.84. The van der Waals surface area contributed by atoms with Crippen LogP contribution in [0.1, 0.15) is 1.37 Å². The second-order valence-electron chi connectivity index (χ2n) is 0.772. The van der Waals surface area contributed by atoms with Gasteiger partial charge in [0, 0.05) is 0 Å². The van der Waals surface area contributed by atoms with Crippen molar-refractivity contribution in [2.75, 3.05) is 0 Å². The molecule has 2 N–H and O–H groups in total. The second kappa shape index (κ2) is 0.965. The molecular formula is C2H3N3O. The van der Waals surface area contributed by atoms with Gasteiger partial charge in [0.05, 0.1) is 1.37 Å². The number of aromatic hydroxyl groups is 1. The number of rotatable bonds is 0. The number of nitrogens with zero attached hydrogens (tertiary/aromatic N) is 2. The molecule has 0 aliphatic heterocycles. The van der Waals surface area contributed by atoms with Crippen molar-refractivity contribution in [2.45, 2.75) is 0 Å². The van der Waals surface area contributed by atoms with Crippen molar-refractivity contribution >= 4 is 0 Å². The molecule has 0 radical (unpaired) electrons. The summed E-state index contributed by atoms with van der Waals surface area (Å²) in [7, 11) is 0. The predicted octanol–water partition coefficient (Wildman–Crippen LogP) is -0.490. The van der Waals surface area contributed by atoms with Gasteiger partial charge in [0.2, 0.25) is 5.88 Å². The summed E-state index contributed by atoms with van der Waals surface area (Å²) in [4.78, 5) is 0. The maximum Gasteiger partial charge on any atom is 0.227 e. The monoisotopic (exact) mass is 86.0 g/mol. The van der Waals surface area contributed by atoms with Crippen LogP contribution in [0.25, 0.3) is 0 Å². The summed E-state index contributed by atoms with van der Waals surface area (Å²) < 4.78 is 6.64.